The number of benzene rings is 1. The molecule has 1 amide bonds. The first-order chi connectivity index (χ1) is 13.9. The highest BCUT2D eigenvalue weighted by Gasteiger charge is 2.32. The third kappa shape index (κ3) is 4.83. The van der Waals surface area contributed by atoms with E-state index in [9.17, 15) is 14.0 Å². The molecule has 156 valence electrons. The van der Waals surface area contributed by atoms with E-state index in [0.29, 0.717) is 25.3 Å². The highest BCUT2D eigenvalue weighted by molar-refractivity contribution is 5.95. The number of esters is 1. The molecule has 0 saturated carbocycles. The van der Waals surface area contributed by atoms with Gasteiger partial charge in [0.05, 0.1) is 24.8 Å². The van der Waals surface area contributed by atoms with Crippen LogP contribution in [0.1, 0.15) is 53.7 Å². The van der Waals surface area contributed by atoms with Gasteiger partial charge >= 0.3 is 5.97 Å². The zero-order chi connectivity index (χ0) is 21.0. The van der Waals surface area contributed by atoms with Gasteiger partial charge < -0.3 is 9.64 Å². The summed E-state index contributed by atoms with van der Waals surface area (Å²) in [6, 6.07) is 6.35. The van der Waals surface area contributed by atoms with Crippen molar-refractivity contribution in [1.29, 1.82) is 0 Å². The zero-order valence-electron chi connectivity index (χ0n) is 17.2. The average molecular weight is 401 g/mol. The lowest BCUT2D eigenvalue weighted by Crippen LogP contribution is -2.40. The van der Waals surface area contributed by atoms with Crippen molar-refractivity contribution in [3.05, 3.63) is 53.1 Å². The lowest BCUT2D eigenvalue weighted by Gasteiger charge is -2.36. The van der Waals surface area contributed by atoms with Crippen LogP contribution >= 0.6 is 0 Å². The summed E-state index contributed by atoms with van der Waals surface area (Å²) < 4.78 is 20.2. The number of carbonyl (C=O) groups is 2. The molecule has 0 bridgehead atoms. The fourth-order valence-electron chi connectivity index (χ4n) is 4.05. The molecule has 1 aliphatic heterocycles. The van der Waals surface area contributed by atoms with Gasteiger partial charge in [-0.2, -0.15) is 5.10 Å². The molecule has 2 heterocycles. The molecule has 2 aromatic rings. The number of ether oxygens (including phenoxy) is 1. The minimum Gasteiger partial charge on any atom is -0.466 e. The Kier molecular flexibility index (Phi) is 6.67. The quantitative estimate of drug-likeness (QED) is 0.696. The predicted molar refractivity (Wildman–Crippen MR) is 107 cm³/mol. The summed E-state index contributed by atoms with van der Waals surface area (Å²) >= 11 is 0. The highest BCUT2D eigenvalue weighted by atomic mass is 19.1. The van der Waals surface area contributed by atoms with Crippen LogP contribution in [-0.4, -0.2) is 46.3 Å². The second-order valence-electron chi connectivity index (χ2n) is 7.56. The summed E-state index contributed by atoms with van der Waals surface area (Å²) in [5, 5.41) is 4.16. The maximum Gasteiger partial charge on any atom is 0.306 e. The van der Waals surface area contributed by atoms with E-state index in [1.54, 1.807) is 29.9 Å². The Morgan fingerprint density at radius 2 is 1.90 bits per heavy atom. The van der Waals surface area contributed by atoms with Gasteiger partial charge in [-0.05, 0) is 56.2 Å². The van der Waals surface area contributed by atoms with E-state index >= 15 is 0 Å². The molecule has 1 aromatic heterocycles. The lowest BCUT2D eigenvalue weighted by atomic mass is 9.78. The monoisotopic (exact) mass is 401 g/mol. The van der Waals surface area contributed by atoms with Gasteiger partial charge in [-0.1, -0.05) is 12.1 Å². The van der Waals surface area contributed by atoms with E-state index in [1.165, 1.54) is 12.1 Å². The Morgan fingerprint density at radius 1 is 1.24 bits per heavy atom. The number of likely N-dealkylation sites (tertiary alicyclic amines) is 1. The van der Waals surface area contributed by atoms with Gasteiger partial charge in [-0.15, -0.1) is 0 Å². The first kappa shape index (κ1) is 21.0. The molecule has 6 nitrogen and oxygen atoms in total. The van der Waals surface area contributed by atoms with Gasteiger partial charge in [0, 0.05) is 25.8 Å². The van der Waals surface area contributed by atoms with E-state index in [1.807, 2.05) is 18.9 Å². The summed E-state index contributed by atoms with van der Waals surface area (Å²) in [6.45, 7) is 5.26. The van der Waals surface area contributed by atoms with Gasteiger partial charge in [0.15, 0.2) is 0 Å². The minimum absolute atomic E-state index is 0.00206. The Bertz CT molecular complexity index is 855. The molecule has 0 spiro atoms. The molecule has 1 atom stereocenters. The molecule has 3 rings (SSSR count). The second kappa shape index (κ2) is 9.20. The van der Waals surface area contributed by atoms with Crippen LogP contribution < -0.4 is 0 Å². The van der Waals surface area contributed by atoms with Crippen molar-refractivity contribution < 1.29 is 18.7 Å². The Morgan fingerprint density at radius 3 is 2.45 bits per heavy atom. The molecule has 0 unspecified atom stereocenters. The van der Waals surface area contributed by atoms with E-state index < -0.39 is 0 Å². The Labute approximate surface area is 170 Å². The largest absolute Gasteiger partial charge is 0.466 e. The average Bonchev–Trinajstić information content (AvgIpc) is 3.05. The van der Waals surface area contributed by atoms with Crippen LogP contribution in [0.5, 0.6) is 0 Å². The summed E-state index contributed by atoms with van der Waals surface area (Å²) in [6.07, 6.45) is 3.45. The molecule has 1 aromatic carbocycles. The summed E-state index contributed by atoms with van der Waals surface area (Å²) in [4.78, 5) is 26.9. The molecule has 0 radical (unpaired) electrons. The van der Waals surface area contributed by atoms with Gasteiger partial charge in [0.1, 0.15) is 5.82 Å². The third-order valence-corrected chi connectivity index (χ3v) is 5.85. The Balaban J connectivity index is 1.70. The van der Waals surface area contributed by atoms with E-state index in [2.05, 4.69) is 5.10 Å². The van der Waals surface area contributed by atoms with Crippen LogP contribution in [0, 0.1) is 18.7 Å². The number of carbonyl (C=O) groups excluding carboxylic acids is 2. The standard InChI is InChI=1S/C22H28FN3O3/c1-4-29-21(27)13-19(16-5-7-18(23)8-6-16)17-9-11-26(12-10-17)22(28)20-14-24-25(3)15(20)2/h5-8,14,17,19H,4,9-13H2,1-3H3/t19-/m0/s1. The maximum atomic E-state index is 13.4. The van der Waals surface area contributed by atoms with Crippen molar-refractivity contribution in [2.24, 2.45) is 13.0 Å². The molecule has 1 fully saturated rings. The molecule has 29 heavy (non-hydrogen) atoms. The summed E-state index contributed by atoms with van der Waals surface area (Å²) in [7, 11) is 1.82. The number of amides is 1. The number of hydrogen-bond acceptors (Lipinski definition) is 4. The van der Waals surface area contributed by atoms with Crippen molar-refractivity contribution in [1.82, 2.24) is 14.7 Å². The van der Waals surface area contributed by atoms with Crippen LogP contribution in [-0.2, 0) is 16.6 Å². The number of halogens is 1. The molecule has 0 N–H and O–H groups in total. The zero-order valence-corrected chi connectivity index (χ0v) is 17.2. The molecular formula is C22H28FN3O3. The predicted octanol–water partition coefficient (Wildman–Crippen LogP) is 3.46. The van der Waals surface area contributed by atoms with Crippen LogP contribution in [0.4, 0.5) is 4.39 Å². The first-order valence-corrected chi connectivity index (χ1v) is 10.1. The van der Waals surface area contributed by atoms with E-state index in [-0.39, 0.29) is 36.0 Å². The lowest BCUT2D eigenvalue weighted by molar-refractivity contribution is -0.144. The van der Waals surface area contributed by atoms with Crippen molar-refractivity contribution in [3.63, 3.8) is 0 Å². The number of hydrogen-bond donors (Lipinski definition) is 0. The number of piperidine rings is 1. The smallest absolute Gasteiger partial charge is 0.306 e. The van der Waals surface area contributed by atoms with E-state index in [0.717, 1.165) is 24.1 Å². The van der Waals surface area contributed by atoms with Crippen LogP contribution in [0.15, 0.2) is 30.5 Å². The first-order valence-electron chi connectivity index (χ1n) is 10.1. The molecule has 7 heteroatoms. The topological polar surface area (TPSA) is 64.4 Å². The molecule has 0 aliphatic carbocycles. The van der Waals surface area contributed by atoms with Crippen LogP contribution in [0.2, 0.25) is 0 Å². The Hall–Kier alpha value is -2.70. The number of aromatic nitrogens is 2. The SMILES string of the molecule is CCOC(=O)C[C@@H](c1ccc(F)cc1)C1CCN(C(=O)c2cnn(C)c2C)CC1. The van der Waals surface area contributed by atoms with Gasteiger partial charge in [-0.25, -0.2) is 4.39 Å². The molecule has 1 saturated heterocycles. The summed E-state index contributed by atoms with van der Waals surface area (Å²) in [5.74, 6) is -0.365. The second-order valence-corrected chi connectivity index (χ2v) is 7.56. The van der Waals surface area contributed by atoms with Crippen LogP contribution in [0.25, 0.3) is 0 Å². The van der Waals surface area contributed by atoms with Crippen molar-refractivity contribution in [3.8, 4) is 0 Å². The minimum atomic E-state index is -0.295. The molecule has 1 aliphatic rings. The number of nitrogens with zero attached hydrogens (tertiary/aromatic N) is 3. The fourth-order valence-corrected chi connectivity index (χ4v) is 4.05. The van der Waals surface area contributed by atoms with Crippen molar-refractivity contribution >= 4 is 11.9 Å². The van der Waals surface area contributed by atoms with Crippen molar-refractivity contribution in [2.45, 2.75) is 39.0 Å². The maximum absolute atomic E-state index is 13.4. The van der Waals surface area contributed by atoms with Crippen LogP contribution in [0.3, 0.4) is 0 Å². The van der Waals surface area contributed by atoms with Gasteiger partial charge in [0.2, 0.25) is 0 Å². The van der Waals surface area contributed by atoms with Crippen molar-refractivity contribution in [2.75, 3.05) is 19.7 Å². The van der Waals surface area contributed by atoms with E-state index in [4.69, 9.17) is 4.74 Å². The van der Waals surface area contributed by atoms with Gasteiger partial charge in [-0.3, -0.25) is 14.3 Å². The third-order valence-electron chi connectivity index (χ3n) is 5.85. The number of aryl methyl sites for hydroxylation is 1. The normalized spacial score (nSPS) is 15.9. The highest BCUT2D eigenvalue weighted by Crippen LogP contribution is 2.36. The number of rotatable bonds is 6. The van der Waals surface area contributed by atoms with Gasteiger partial charge in [0.25, 0.3) is 5.91 Å². The summed E-state index contributed by atoms with van der Waals surface area (Å²) in [5.41, 5.74) is 2.42. The fraction of sp³-hybridized carbons (Fsp3) is 0.500. The molecular weight excluding hydrogens is 373 g/mol.